The van der Waals surface area contributed by atoms with Crippen molar-refractivity contribution in [2.75, 3.05) is 6.61 Å². The molecule has 108 valence electrons. The number of ether oxygens (including phenoxy) is 1. The van der Waals surface area contributed by atoms with Gasteiger partial charge in [0.2, 0.25) is 0 Å². The van der Waals surface area contributed by atoms with E-state index >= 15 is 0 Å². The highest BCUT2D eigenvalue weighted by molar-refractivity contribution is 9.10. The number of rotatable bonds is 5. The Balaban J connectivity index is 2.02. The molecule has 0 aliphatic heterocycles. The van der Waals surface area contributed by atoms with Crippen molar-refractivity contribution in [3.63, 3.8) is 0 Å². The molecule has 2 rings (SSSR count). The molecule has 2 atom stereocenters. The van der Waals surface area contributed by atoms with Crippen molar-refractivity contribution in [2.24, 2.45) is 5.41 Å². The smallest absolute Gasteiger partial charge is 0.148 e. The van der Waals surface area contributed by atoms with E-state index in [0.717, 1.165) is 22.2 Å². The average molecular weight is 338 g/mol. The molecule has 20 heavy (non-hydrogen) atoms. The fourth-order valence-electron chi connectivity index (χ4n) is 2.43. The highest BCUT2D eigenvalue weighted by Gasteiger charge is 2.46. The molecule has 4 heteroatoms. The molecule has 1 aromatic rings. The maximum absolute atomic E-state index is 9.76. The van der Waals surface area contributed by atoms with E-state index < -0.39 is 0 Å². The molecule has 0 bridgehead atoms. The average Bonchev–Trinajstić information content (AvgIpc) is 2.42. The lowest BCUT2D eigenvalue weighted by molar-refractivity contribution is -0.0730. The zero-order chi connectivity index (χ0) is 14.8. The molecular weight excluding hydrogens is 318 g/mol. The molecule has 0 radical (unpaired) electrons. The number of halogens is 1. The monoisotopic (exact) mass is 337 g/mol. The van der Waals surface area contributed by atoms with Crippen LogP contribution < -0.4 is 10.1 Å². The van der Waals surface area contributed by atoms with Crippen molar-refractivity contribution in [1.82, 2.24) is 5.32 Å². The summed E-state index contributed by atoms with van der Waals surface area (Å²) in [4.78, 5) is 0. The summed E-state index contributed by atoms with van der Waals surface area (Å²) < 4.78 is 6.56. The van der Waals surface area contributed by atoms with Gasteiger partial charge < -0.3 is 15.2 Å². The Morgan fingerprint density at radius 3 is 2.90 bits per heavy atom. The van der Waals surface area contributed by atoms with Crippen molar-refractivity contribution in [3.05, 3.63) is 28.2 Å². The first-order valence-corrected chi connectivity index (χ1v) is 7.50. The van der Waals surface area contributed by atoms with Crippen LogP contribution in [-0.2, 0) is 6.54 Å². The van der Waals surface area contributed by atoms with Crippen LogP contribution in [0.25, 0.3) is 0 Å². The molecule has 0 amide bonds. The maximum Gasteiger partial charge on any atom is 0.148 e. The van der Waals surface area contributed by atoms with E-state index in [0.29, 0.717) is 12.6 Å². The van der Waals surface area contributed by atoms with Crippen molar-refractivity contribution in [1.29, 1.82) is 0 Å². The van der Waals surface area contributed by atoms with E-state index in [2.05, 4.69) is 41.0 Å². The molecular formula is C16H20BrNO2. The number of aliphatic hydroxyl groups is 1. The third-order valence-corrected chi connectivity index (χ3v) is 4.58. The summed E-state index contributed by atoms with van der Waals surface area (Å²) in [5.41, 5.74) is 0.984. The van der Waals surface area contributed by atoms with Crippen molar-refractivity contribution >= 4 is 15.9 Å². The Labute approximate surface area is 128 Å². The molecule has 1 aliphatic carbocycles. The number of nitrogens with one attached hydrogen (secondary N) is 1. The zero-order valence-corrected chi connectivity index (χ0v) is 13.4. The molecule has 0 spiro atoms. The van der Waals surface area contributed by atoms with Gasteiger partial charge in [0.1, 0.15) is 12.4 Å². The van der Waals surface area contributed by atoms with Gasteiger partial charge in [0.25, 0.3) is 0 Å². The Morgan fingerprint density at radius 2 is 2.30 bits per heavy atom. The molecule has 2 N–H and O–H groups in total. The summed E-state index contributed by atoms with van der Waals surface area (Å²) in [6.45, 7) is 5.12. The standard InChI is InChI=1S/C16H20BrNO2/c1-4-7-20-13-6-5-12(17)8-11(13)10-18-14-9-15(19)16(14,2)3/h1,5-6,8,14-15,18-19H,7,9-10H2,2-3H3. The van der Waals surface area contributed by atoms with Gasteiger partial charge in [0.15, 0.2) is 0 Å². The second kappa shape index (κ2) is 6.17. The first-order chi connectivity index (χ1) is 9.45. The lowest BCUT2D eigenvalue weighted by Crippen LogP contribution is -2.59. The summed E-state index contributed by atoms with van der Waals surface area (Å²) in [6, 6.07) is 6.20. The van der Waals surface area contributed by atoms with Crippen molar-refractivity contribution in [2.45, 2.75) is 39.0 Å². The van der Waals surface area contributed by atoms with Crippen LogP contribution in [-0.4, -0.2) is 23.9 Å². The van der Waals surface area contributed by atoms with Gasteiger partial charge in [-0.15, -0.1) is 6.42 Å². The van der Waals surface area contributed by atoms with Gasteiger partial charge >= 0.3 is 0 Å². The molecule has 0 saturated heterocycles. The Kier molecular flexibility index (Phi) is 4.74. The highest BCUT2D eigenvalue weighted by atomic mass is 79.9. The number of hydrogen-bond donors (Lipinski definition) is 2. The van der Waals surface area contributed by atoms with Crippen LogP contribution in [0.2, 0.25) is 0 Å². The van der Waals surface area contributed by atoms with Crippen LogP contribution in [0.5, 0.6) is 5.75 Å². The van der Waals surface area contributed by atoms with Crippen LogP contribution in [0.1, 0.15) is 25.8 Å². The molecule has 0 aromatic heterocycles. The van der Waals surface area contributed by atoms with Crippen LogP contribution in [0, 0.1) is 17.8 Å². The fourth-order valence-corrected chi connectivity index (χ4v) is 2.84. The second-order valence-corrected chi connectivity index (χ2v) is 6.67. The highest BCUT2D eigenvalue weighted by Crippen LogP contribution is 2.40. The van der Waals surface area contributed by atoms with Crippen LogP contribution >= 0.6 is 15.9 Å². The normalized spacial score (nSPS) is 23.8. The third kappa shape index (κ3) is 3.17. The van der Waals surface area contributed by atoms with E-state index in [-0.39, 0.29) is 18.1 Å². The van der Waals surface area contributed by atoms with Crippen LogP contribution in [0.3, 0.4) is 0 Å². The first-order valence-electron chi connectivity index (χ1n) is 6.71. The van der Waals surface area contributed by atoms with Gasteiger partial charge in [-0.1, -0.05) is 35.7 Å². The Hall–Kier alpha value is -1.02. The van der Waals surface area contributed by atoms with Gasteiger partial charge in [0.05, 0.1) is 6.10 Å². The summed E-state index contributed by atoms with van der Waals surface area (Å²) in [6.07, 6.45) is 5.80. The van der Waals surface area contributed by atoms with Gasteiger partial charge in [-0.2, -0.15) is 0 Å². The van der Waals surface area contributed by atoms with Crippen molar-refractivity contribution < 1.29 is 9.84 Å². The molecule has 1 fully saturated rings. The fraction of sp³-hybridized carbons (Fsp3) is 0.500. The first kappa shape index (κ1) is 15.4. The Bertz CT molecular complexity index is 522. The van der Waals surface area contributed by atoms with Crippen LogP contribution in [0.15, 0.2) is 22.7 Å². The minimum absolute atomic E-state index is 0.0775. The predicted octanol–water partition coefficient (Wildman–Crippen LogP) is 2.71. The lowest BCUT2D eigenvalue weighted by atomic mass is 9.64. The molecule has 1 saturated carbocycles. The molecule has 1 aromatic carbocycles. The Morgan fingerprint density at radius 1 is 1.55 bits per heavy atom. The topological polar surface area (TPSA) is 41.5 Å². The second-order valence-electron chi connectivity index (χ2n) is 5.75. The maximum atomic E-state index is 9.76. The number of hydrogen-bond acceptors (Lipinski definition) is 3. The predicted molar refractivity (Wildman–Crippen MR) is 83.5 cm³/mol. The summed E-state index contributed by atoms with van der Waals surface area (Å²) in [7, 11) is 0. The third-order valence-electron chi connectivity index (χ3n) is 4.09. The van der Waals surface area contributed by atoms with Gasteiger partial charge in [-0.05, 0) is 24.6 Å². The van der Waals surface area contributed by atoms with Crippen LogP contribution in [0.4, 0.5) is 0 Å². The van der Waals surface area contributed by atoms with E-state index in [1.165, 1.54) is 0 Å². The molecule has 0 heterocycles. The quantitative estimate of drug-likeness (QED) is 0.811. The number of aliphatic hydroxyl groups excluding tert-OH is 1. The van der Waals surface area contributed by atoms with E-state index in [1.807, 2.05) is 18.2 Å². The van der Waals surface area contributed by atoms with Gasteiger partial charge in [-0.25, -0.2) is 0 Å². The molecule has 3 nitrogen and oxygen atoms in total. The van der Waals surface area contributed by atoms with E-state index in [4.69, 9.17) is 11.2 Å². The molecule has 2 unspecified atom stereocenters. The van der Waals surface area contributed by atoms with E-state index in [1.54, 1.807) is 0 Å². The largest absolute Gasteiger partial charge is 0.481 e. The summed E-state index contributed by atoms with van der Waals surface area (Å²) in [5.74, 6) is 3.28. The number of terminal acetylenes is 1. The number of benzene rings is 1. The summed E-state index contributed by atoms with van der Waals surface area (Å²) >= 11 is 3.47. The minimum atomic E-state index is -0.223. The lowest BCUT2D eigenvalue weighted by Gasteiger charge is -2.49. The minimum Gasteiger partial charge on any atom is -0.481 e. The summed E-state index contributed by atoms with van der Waals surface area (Å²) in [5, 5.41) is 13.3. The van der Waals surface area contributed by atoms with Gasteiger partial charge in [0, 0.05) is 28.0 Å². The van der Waals surface area contributed by atoms with Crippen molar-refractivity contribution in [3.8, 4) is 18.1 Å². The van der Waals surface area contributed by atoms with Gasteiger partial charge in [-0.3, -0.25) is 0 Å². The molecule has 1 aliphatic rings. The zero-order valence-electron chi connectivity index (χ0n) is 11.8. The van der Waals surface area contributed by atoms with E-state index in [9.17, 15) is 5.11 Å². The SMILES string of the molecule is C#CCOc1ccc(Br)cc1CNC1CC(O)C1(C)C.